The molecule has 62 valence electrons. The van der Waals surface area contributed by atoms with Gasteiger partial charge in [-0.3, -0.25) is 10.5 Å². The summed E-state index contributed by atoms with van der Waals surface area (Å²) in [6, 6.07) is 0. The molecule has 0 spiro atoms. The van der Waals surface area contributed by atoms with Crippen LogP contribution in [-0.4, -0.2) is 29.3 Å². The molecule has 0 saturated carbocycles. The summed E-state index contributed by atoms with van der Waals surface area (Å²) in [5.41, 5.74) is 0. The summed E-state index contributed by atoms with van der Waals surface area (Å²) in [7, 11) is -0.861. The van der Waals surface area contributed by atoms with Gasteiger partial charge in [-0.25, -0.2) is 0 Å². The molecule has 2 radical (unpaired) electrons. The molecule has 0 amide bonds. The van der Waals surface area contributed by atoms with Gasteiger partial charge >= 0.3 is 17.1 Å². The Hall–Kier alpha value is 1.27. The molecule has 0 fully saturated rings. The molecule has 0 rings (SSSR count). The van der Waals surface area contributed by atoms with Crippen molar-refractivity contribution >= 4 is 29.7 Å². The fourth-order valence-electron chi connectivity index (χ4n) is 0. The minimum absolute atomic E-state index is 0. The first-order valence-electron chi connectivity index (χ1n) is 2.36. The Kier molecular flexibility index (Phi) is 37.5. The number of hydrogen-bond acceptors (Lipinski definition) is 1. The van der Waals surface area contributed by atoms with E-state index in [-0.39, 0.29) is 35.9 Å². The van der Waals surface area contributed by atoms with Crippen molar-refractivity contribution in [1.29, 1.82) is 0 Å². The summed E-state index contributed by atoms with van der Waals surface area (Å²) in [4.78, 5) is 0. The van der Waals surface area contributed by atoms with Crippen LogP contribution in [0.2, 0.25) is 0 Å². The topological polar surface area (TPSA) is 17.1 Å². The van der Waals surface area contributed by atoms with Crippen LogP contribution >= 0.6 is 0 Å². The maximum absolute atomic E-state index is 9.44. The van der Waals surface area contributed by atoms with E-state index in [1.54, 1.807) is 0 Å². The average Bonchev–Trinajstić information content (AvgIpc) is 1.25. The third-order valence-corrected chi connectivity index (χ3v) is 0. The second kappa shape index (κ2) is 16.7. The first-order chi connectivity index (χ1) is 3.46. The Morgan fingerprint density at radius 3 is 1.30 bits per heavy atom. The van der Waals surface area contributed by atoms with Crippen LogP contribution in [0.25, 0.3) is 0 Å². The smallest absolute Gasteiger partial charge is 0.323 e. The molecule has 1 atom stereocenters. The Morgan fingerprint density at radius 1 is 1.30 bits per heavy atom. The third kappa shape index (κ3) is 395. The van der Waals surface area contributed by atoms with Gasteiger partial charge in [0.1, 0.15) is 0 Å². The largest absolute Gasteiger partial charge is 2.00 e. The van der Waals surface area contributed by atoms with E-state index in [9.17, 15) is 4.21 Å². The van der Waals surface area contributed by atoms with Gasteiger partial charge in [0.15, 0.2) is 0 Å². The zero-order chi connectivity index (χ0) is 7.15. The molecule has 0 aliphatic carbocycles. The van der Waals surface area contributed by atoms with Gasteiger partial charge in [0, 0.05) is 18.9 Å². The normalized spacial score (nSPS) is 9.80. The van der Waals surface area contributed by atoms with Gasteiger partial charge < -0.3 is 5.92 Å². The van der Waals surface area contributed by atoms with Crippen LogP contribution < -0.4 is 0 Å². The molecule has 0 aromatic heterocycles. The summed E-state index contributed by atoms with van der Waals surface area (Å²) in [5.74, 6) is 1.42. The predicted molar refractivity (Wildman–Crippen MR) is 45.4 cm³/mol. The SMILES string of the molecule is C[C-](C)C.[CH2-]S(C)=O.[Cu+2].[Li]. The van der Waals surface area contributed by atoms with Crippen molar-refractivity contribution in [3.63, 3.8) is 0 Å². The predicted octanol–water partition coefficient (Wildman–Crippen LogP) is 1.39. The molecular formula is C6H14CuLiOS. The third-order valence-electron chi connectivity index (χ3n) is 0. The second-order valence-electron chi connectivity index (χ2n) is 2.07. The molecule has 0 aliphatic heterocycles. The first-order valence-corrected chi connectivity index (χ1v) is 4.09. The van der Waals surface area contributed by atoms with Gasteiger partial charge in [0.05, 0.1) is 0 Å². The number of rotatable bonds is 0. The molecule has 0 aromatic carbocycles. The minimum atomic E-state index is -0.861. The summed E-state index contributed by atoms with van der Waals surface area (Å²) in [6.45, 7) is 6.25. The summed E-state index contributed by atoms with van der Waals surface area (Å²) in [5, 5.41) is 0. The van der Waals surface area contributed by atoms with Gasteiger partial charge in [-0.1, -0.05) is 0 Å². The molecule has 0 N–H and O–H groups in total. The van der Waals surface area contributed by atoms with E-state index in [4.69, 9.17) is 0 Å². The molecule has 1 unspecified atom stereocenters. The average molecular weight is 205 g/mol. The van der Waals surface area contributed by atoms with Crippen LogP contribution in [0.15, 0.2) is 0 Å². The van der Waals surface area contributed by atoms with Crippen molar-refractivity contribution in [3.05, 3.63) is 12.2 Å². The molecule has 1 nitrogen and oxygen atoms in total. The molecule has 4 heteroatoms. The van der Waals surface area contributed by atoms with Crippen LogP contribution in [0, 0.1) is 12.2 Å². The monoisotopic (exact) mass is 204 g/mol. The minimum Gasteiger partial charge on any atom is -0.323 e. The molecule has 0 saturated heterocycles. The van der Waals surface area contributed by atoms with Gasteiger partial charge in [-0.05, 0) is 6.26 Å². The second-order valence-corrected chi connectivity index (χ2v) is 3.22. The van der Waals surface area contributed by atoms with Gasteiger partial charge in [-0.2, -0.15) is 20.8 Å². The van der Waals surface area contributed by atoms with Crippen molar-refractivity contribution in [1.82, 2.24) is 0 Å². The van der Waals surface area contributed by atoms with Crippen LogP contribution in [0.4, 0.5) is 0 Å². The Balaban J connectivity index is -0.0000000300. The van der Waals surface area contributed by atoms with Gasteiger partial charge in [0.2, 0.25) is 0 Å². The van der Waals surface area contributed by atoms with Crippen LogP contribution in [0.1, 0.15) is 20.8 Å². The van der Waals surface area contributed by atoms with E-state index in [0.29, 0.717) is 0 Å². The van der Waals surface area contributed by atoms with Crippen molar-refractivity contribution in [2.45, 2.75) is 20.8 Å². The van der Waals surface area contributed by atoms with E-state index in [1.165, 1.54) is 12.2 Å². The number of hydrogen-bond donors (Lipinski definition) is 0. The van der Waals surface area contributed by atoms with Gasteiger partial charge in [-0.15, -0.1) is 10.8 Å². The van der Waals surface area contributed by atoms with E-state index < -0.39 is 10.8 Å². The van der Waals surface area contributed by atoms with Crippen molar-refractivity contribution in [2.24, 2.45) is 0 Å². The van der Waals surface area contributed by atoms with Crippen molar-refractivity contribution in [2.75, 3.05) is 6.26 Å². The van der Waals surface area contributed by atoms with Crippen molar-refractivity contribution < 1.29 is 21.3 Å². The maximum Gasteiger partial charge on any atom is 2.00 e. The van der Waals surface area contributed by atoms with Crippen LogP contribution in [0.5, 0.6) is 0 Å². The Bertz CT molecular complexity index is 62.0. The maximum atomic E-state index is 9.44. The molecule has 0 aliphatic rings. The fourth-order valence-corrected chi connectivity index (χ4v) is 0. The zero-order valence-electron chi connectivity index (χ0n) is 7.33. The summed E-state index contributed by atoms with van der Waals surface area (Å²) < 4.78 is 9.44. The first kappa shape index (κ1) is 22.5. The molecule has 0 heterocycles. The molecule has 0 bridgehead atoms. The van der Waals surface area contributed by atoms with E-state index in [0.717, 1.165) is 0 Å². The van der Waals surface area contributed by atoms with E-state index >= 15 is 0 Å². The van der Waals surface area contributed by atoms with Crippen molar-refractivity contribution in [3.8, 4) is 0 Å². The molecular weight excluding hydrogens is 191 g/mol. The standard InChI is InChI=1S/C4H9.C2H5OS.Cu.Li/c2*1-4(2)3;;/h1-3H3;1H2,2H3;;/q2*-1;+2;. The molecule has 0 aromatic rings. The zero-order valence-corrected chi connectivity index (χ0v) is 9.08. The van der Waals surface area contributed by atoms with Crippen LogP contribution in [0.3, 0.4) is 0 Å². The van der Waals surface area contributed by atoms with Crippen LogP contribution in [-0.2, 0) is 27.9 Å². The van der Waals surface area contributed by atoms with E-state index in [2.05, 4.69) is 27.0 Å². The Labute approximate surface area is 89.8 Å². The quantitative estimate of drug-likeness (QED) is 0.431. The fraction of sp³-hybridized carbons (Fsp3) is 0.667. The Morgan fingerprint density at radius 2 is 1.30 bits per heavy atom. The van der Waals surface area contributed by atoms with Gasteiger partial charge in [0.25, 0.3) is 0 Å². The summed E-state index contributed by atoms with van der Waals surface area (Å²) >= 11 is 0. The van der Waals surface area contributed by atoms with E-state index in [1.807, 2.05) is 0 Å². The molecule has 10 heavy (non-hydrogen) atoms. The summed E-state index contributed by atoms with van der Waals surface area (Å²) in [6.07, 6.45) is 4.64.